The van der Waals surface area contributed by atoms with E-state index in [-0.39, 0.29) is 0 Å². The van der Waals surface area contributed by atoms with Gasteiger partial charge in [-0.1, -0.05) is 15.9 Å². The lowest BCUT2D eigenvalue weighted by atomic mass is 10.2. The fourth-order valence-corrected chi connectivity index (χ4v) is 2.24. The van der Waals surface area contributed by atoms with Crippen molar-refractivity contribution >= 4 is 15.9 Å². The molecular formula is C14H18BrN3O. The molecule has 2 aromatic rings. The Morgan fingerprint density at radius 3 is 3.00 bits per heavy atom. The van der Waals surface area contributed by atoms with Gasteiger partial charge in [-0.3, -0.25) is 0 Å². The third-order valence-electron chi connectivity index (χ3n) is 2.92. The molecule has 0 unspecified atom stereocenters. The van der Waals surface area contributed by atoms with E-state index in [0.717, 1.165) is 35.4 Å². The van der Waals surface area contributed by atoms with Gasteiger partial charge in [0.25, 0.3) is 0 Å². The quantitative estimate of drug-likeness (QED) is 0.887. The van der Waals surface area contributed by atoms with Gasteiger partial charge in [-0.25, -0.2) is 4.98 Å². The Kier molecular flexibility index (Phi) is 4.99. The van der Waals surface area contributed by atoms with Crippen molar-refractivity contribution in [2.45, 2.75) is 13.0 Å². The number of imidazole rings is 1. The molecule has 1 aromatic heterocycles. The van der Waals surface area contributed by atoms with Gasteiger partial charge in [0.1, 0.15) is 5.75 Å². The normalized spacial score (nSPS) is 10.7. The molecule has 5 heteroatoms. The summed E-state index contributed by atoms with van der Waals surface area (Å²) in [6.45, 7) is 1.73. The van der Waals surface area contributed by atoms with Crippen molar-refractivity contribution in [3.63, 3.8) is 0 Å². The summed E-state index contributed by atoms with van der Waals surface area (Å²) in [5.41, 5.74) is 2.28. The summed E-state index contributed by atoms with van der Waals surface area (Å²) in [5.74, 6) is 0.869. The first-order valence-electron chi connectivity index (χ1n) is 6.20. The molecule has 102 valence electrons. The summed E-state index contributed by atoms with van der Waals surface area (Å²) < 4.78 is 8.42. The van der Waals surface area contributed by atoms with Crippen LogP contribution in [0.25, 0.3) is 0 Å². The highest BCUT2D eigenvalue weighted by Crippen LogP contribution is 2.23. The van der Waals surface area contributed by atoms with E-state index in [2.05, 4.69) is 37.0 Å². The topological polar surface area (TPSA) is 39.1 Å². The molecule has 0 aliphatic heterocycles. The lowest BCUT2D eigenvalue weighted by Crippen LogP contribution is -2.10. The zero-order chi connectivity index (χ0) is 13.7. The second-order valence-corrected chi connectivity index (χ2v) is 5.20. The Hall–Kier alpha value is -1.33. The van der Waals surface area contributed by atoms with Gasteiger partial charge in [0.15, 0.2) is 0 Å². The minimum absolute atomic E-state index is 0.782. The maximum Gasteiger partial charge on any atom is 0.119 e. The molecule has 1 aromatic carbocycles. The molecule has 0 radical (unpaired) electrons. The molecule has 0 amide bonds. The van der Waals surface area contributed by atoms with Gasteiger partial charge in [-0.2, -0.15) is 0 Å². The lowest BCUT2D eigenvalue weighted by molar-refractivity contribution is 0.414. The lowest BCUT2D eigenvalue weighted by Gasteiger charge is -2.07. The monoisotopic (exact) mass is 323 g/mol. The SMILES string of the molecule is CNCCc1cn(Cc2cc(OC)ccc2Br)cn1. The summed E-state index contributed by atoms with van der Waals surface area (Å²) in [6.07, 6.45) is 4.91. The summed E-state index contributed by atoms with van der Waals surface area (Å²) in [7, 11) is 3.63. The van der Waals surface area contributed by atoms with Crippen molar-refractivity contribution in [3.8, 4) is 5.75 Å². The highest BCUT2D eigenvalue weighted by atomic mass is 79.9. The Labute approximate surface area is 121 Å². The van der Waals surface area contributed by atoms with Gasteiger partial charge < -0.3 is 14.6 Å². The van der Waals surface area contributed by atoms with Crippen molar-refractivity contribution in [2.75, 3.05) is 20.7 Å². The number of aromatic nitrogens is 2. The van der Waals surface area contributed by atoms with Crippen LogP contribution in [0, 0.1) is 0 Å². The number of rotatable bonds is 6. The number of hydrogen-bond donors (Lipinski definition) is 1. The predicted molar refractivity (Wildman–Crippen MR) is 79.7 cm³/mol. The maximum atomic E-state index is 5.25. The van der Waals surface area contributed by atoms with Crippen LogP contribution in [0.3, 0.4) is 0 Å². The standard InChI is InChI=1S/C14H18BrN3O/c1-16-6-5-12-9-18(10-17-12)8-11-7-13(19-2)3-4-14(11)15/h3-4,7,9-10,16H,5-6,8H2,1-2H3. The zero-order valence-electron chi connectivity index (χ0n) is 11.2. The largest absolute Gasteiger partial charge is 0.497 e. The van der Waals surface area contributed by atoms with Crippen LogP contribution in [0.1, 0.15) is 11.3 Å². The van der Waals surface area contributed by atoms with Crippen LogP contribution >= 0.6 is 15.9 Å². The van der Waals surface area contributed by atoms with Crippen LogP contribution in [0.4, 0.5) is 0 Å². The van der Waals surface area contributed by atoms with Crippen molar-refractivity contribution < 1.29 is 4.74 Å². The van der Waals surface area contributed by atoms with Crippen LogP contribution in [0.2, 0.25) is 0 Å². The van der Waals surface area contributed by atoms with E-state index in [4.69, 9.17) is 4.74 Å². The van der Waals surface area contributed by atoms with Crippen LogP contribution in [-0.4, -0.2) is 30.3 Å². The third kappa shape index (κ3) is 3.81. The van der Waals surface area contributed by atoms with Crippen LogP contribution < -0.4 is 10.1 Å². The van der Waals surface area contributed by atoms with E-state index < -0.39 is 0 Å². The number of nitrogens with zero attached hydrogens (tertiary/aromatic N) is 2. The van der Waals surface area contributed by atoms with Gasteiger partial charge in [-0.15, -0.1) is 0 Å². The number of methoxy groups -OCH3 is 1. The van der Waals surface area contributed by atoms with E-state index in [0.29, 0.717) is 0 Å². The molecular weight excluding hydrogens is 306 g/mol. The van der Waals surface area contributed by atoms with Crippen LogP contribution in [-0.2, 0) is 13.0 Å². The number of hydrogen-bond acceptors (Lipinski definition) is 3. The second kappa shape index (κ2) is 6.73. The highest BCUT2D eigenvalue weighted by molar-refractivity contribution is 9.10. The Morgan fingerprint density at radius 1 is 1.42 bits per heavy atom. The van der Waals surface area contributed by atoms with E-state index in [9.17, 15) is 0 Å². The molecule has 2 rings (SSSR count). The number of likely N-dealkylation sites (N-methyl/N-ethyl adjacent to an activating group) is 1. The molecule has 0 saturated heterocycles. The summed E-state index contributed by atoms with van der Waals surface area (Å²) in [6, 6.07) is 5.99. The molecule has 0 aliphatic rings. The molecule has 0 fully saturated rings. The first kappa shape index (κ1) is 14.1. The predicted octanol–water partition coefficient (Wildman–Crippen LogP) is 2.46. The molecule has 1 heterocycles. The van der Waals surface area contributed by atoms with Gasteiger partial charge in [-0.05, 0) is 30.8 Å². The molecule has 0 bridgehead atoms. The number of benzene rings is 1. The molecule has 19 heavy (non-hydrogen) atoms. The van der Waals surface area contributed by atoms with Crippen molar-refractivity contribution in [3.05, 3.63) is 46.5 Å². The molecule has 0 atom stereocenters. The molecule has 4 nitrogen and oxygen atoms in total. The van der Waals surface area contributed by atoms with E-state index in [1.54, 1.807) is 7.11 Å². The number of halogens is 1. The fourth-order valence-electron chi connectivity index (χ4n) is 1.87. The van der Waals surface area contributed by atoms with Crippen LogP contribution in [0.15, 0.2) is 35.2 Å². The van der Waals surface area contributed by atoms with Gasteiger partial charge in [0.05, 0.1) is 19.1 Å². The fraction of sp³-hybridized carbons (Fsp3) is 0.357. The summed E-state index contributed by atoms with van der Waals surface area (Å²) in [4.78, 5) is 4.40. The smallest absolute Gasteiger partial charge is 0.119 e. The van der Waals surface area contributed by atoms with Gasteiger partial charge >= 0.3 is 0 Å². The number of nitrogens with one attached hydrogen (secondary N) is 1. The van der Waals surface area contributed by atoms with Gasteiger partial charge in [0, 0.05) is 30.2 Å². The van der Waals surface area contributed by atoms with Crippen molar-refractivity contribution in [1.29, 1.82) is 0 Å². The third-order valence-corrected chi connectivity index (χ3v) is 3.70. The molecule has 0 saturated carbocycles. The second-order valence-electron chi connectivity index (χ2n) is 4.35. The zero-order valence-corrected chi connectivity index (χ0v) is 12.8. The Morgan fingerprint density at radius 2 is 2.26 bits per heavy atom. The average Bonchev–Trinajstić information content (AvgIpc) is 2.86. The molecule has 1 N–H and O–H groups in total. The van der Waals surface area contributed by atoms with E-state index in [1.165, 1.54) is 5.56 Å². The minimum Gasteiger partial charge on any atom is -0.497 e. The van der Waals surface area contributed by atoms with Crippen LogP contribution in [0.5, 0.6) is 5.75 Å². The summed E-state index contributed by atoms with van der Waals surface area (Å²) >= 11 is 3.57. The first-order chi connectivity index (χ1) is 9.22. The van der Waals surface area contributed by atoms with Crippen molar-refractivity contribution in [2.24, 2.45) is 0 Å². The molecule has 0 spiro atoms. The summed E-state index contributed by atoms with van der Waals surface area (Å²) in [5, 5.41) is 3.13. The first-order valence-corrected chi connectivity index (χ1v) is 7.00. The molecule has 0 aliphatic carbocycles. The Bertz CT molecular complexity index is 539. The number of ether oxygens (including phenoxy) is 1. The highest BCUT2D eigenvalue weighted by Gasteiger charge is 2.04. The van der Waals surface area contributed by atoms with Crippen molar-refractivity contribution in [1.82, 2.24) is 14.9 Å². The van der Waals surface area contributed by atoms with Gasteiger partial charge in [0.2, 0.25) is 0 Å². The van der Waals surface area contributed by atoms with E-state index in [1.807, 2.05) is 31.6 Å². The average molecular weight is 324 g/mol. The maximum absolute atomic E-state index is 5.25. The minimum atomic E-state index is 0.782. The Balaban J connectivity index is 2.10. The van der Waals surface area contributed by atoms with E-state index >= 15 is 0 Å².